The largest absolute Gasteiger partial charge is 0.508 e. The molecule has 1 aromatic carbocycles. The first-order valence-corrected chi connectivity index (χ1v) is 5.10. The van der Waals surface area contributed by atoms with Crippen LogP contribution in [0.3, 0.4) is 0 Å². The summed E-state index contributed by atoms with van der Waals surface area (Å²) < 4.78 is 0. The van der Waals surface area contributed by atoms with Crippen molar-refractivity contribution in [3.8, 4) is 5.75 Å². The van der Waals surface area contributed by atoms with Crippen LogP contribution in [0.4, 0.5) is 5.69 Å². The number of nitrogen functional groups attached to an aromatic ring is 1. The number of hydrogen-bond acceptors (Lipinski definition) is 4. The average Bonchev–Trinajstić information content (AvgIpc) is 2.20. The second kappa shape index (κ2) is 4.02. The van der Waals surface area contributed by atoms with Crippen LogP contribution in [-0.2, 0) is 0 Å². The Balaban J connectivity index is 2.13. The van der Waals surface area contributed by atoms with E-state index < -0.39 is 0 Å². The molecule has 0 aliphatic carbocycles. The number of aliphatic hydroxyl groups is 1. The monoisotopic (exact) mass is 222 g/mol. The van der Waals surface area contributed by atoms with Crippen LogP contribution >= 0.6 is 0 Å². The SMILES string of the molecule is Nc1ccc(O)cc1C(=O)N1CC(CO)C1. The van der Waals surface area contributed by atoms with Gasteiger partial charge in [-0.05, 0) is 18.2 Å². The van der Waals surface area contributed by atoms with Gasteiger partial charge < -0.3 is 20.8 Å². The molecule has 0 atom stereocenters. The molecule has 0 bridgehead atoms. The molecule has 0 saturated carbocycles. The third-order valence-electron chi connectivity index (χ3n) is 2.77. The van der Waals surface area contributed by atoms with Gasteiger partial charge in [0.25, 0.3) is 5.91 Å². The number of nitrogens with two attached hydrogens (primary N) is 1. The molecule has 4 N–H and O–H groups in total. The van der Waals surface area contributed by atoms with Crippen LogP contribution in [0.25, 0.3) is 0 Å². The zero-order valence-electron chi connectivity index (χ0n) is 8.76. The number of benzene rings is 1. The van der Waals surface area contributed by atoms with Crippen molar-refractivity contribution in [3.63, 3.8) is 0 Å². The number of anilines is 1. The van der Waals surface area contributed by atoms with E-state index in [0.29, 0.717) is 24.3 Å². The molecule has 1 fully saturated rings. The Morgan fingerprint density at radius 1 is 1.50 bits per heavy atom. The number of aromatic hydroxyl groups is 1. The molecule has 16 heavy (non-hydrogen) atoms. The van der Waals surface area contributed by atoms with Crippen LogP contribution < -0.4 is 5.73 Å². The third kappa shape index (κ3) is 1.81. The summed E-state index contributed by atoms with van der Waals surface area (Å²) in [7, 11) is 0. The number of amides is 1. The molecule has 1 aromatic rings. The fourth-order valence-corrected chi connectivity index (χ4v) is 1.75. The van der Waals surface area contributed by atoms with E-state index in [1.54, 1.807) is 4.90 Å². The fourth-order valence-electron chi connectivity index (χ4n) is 1.75. The smallest absolute Gasteiger partial charge is 0.256 e. The molecule has 0 radical (unpaired) electrons. The molecule has 2 rings (SSSR count). The first kappa shape index (κ1) is 10.8. The number of nitrogens with zero attached hydrogens (tertiary/aromatic N) is 1. The minimum atomic E-state index is -0.196. The van der Waals surface area contributed by atoms with Crippen LogP contribution in [0, 0.1) is 5.92 Å². The molecule has 0 unspecified atom stereocenters. The number of hydrogen-bond donors (Lipinski definition) is 3. The van der Waals surface area contributed by atoms with Gasteiger partial charge in [-0.1, -0.05) is 0 Å². The standard InChI is InChI=1S/C11H14N2O3/c12-10-2-1-8(15)3-9(10)11(16)13-4-7(5-13)6-14/h1-3,7,14-15H,4-6,12H2. The lowest BCUT2D eigenvalue weighted by Gasteiger charge is -2.38. The Kier molecular flexibility index (Phi) is 2.70. The molecule has 0 spiro atoms. The number of carbonyl (C=O) groups is 1. The van der Waals surface area contributed by atoms with Gasteiger partial charge in [0.2, 0.25) is 0 Å². The Bertz CT molecular complexity index is 414. The van der Waals surface area contributed by atoms with Crippen LogP contribution in [0.2, 0.25) is 0 Å². The Morgan fingerprint density at radius 3 is 2.81 bits per heavy atom. The summed E-state index contributed by atoms with van der Waals surface area (Å²) in [6.45, 7) is 1.19. The maximum absolute atomic E-state index is 11.9. The lowest BCUT2D eigenvalue weighted by atomic mass is 9.99. The van der Waals surface area contributed by atoms with E-state index in [1.165, 1.54) is 18.2 Å². The molecular formula is C11H14N2O3. The van der Waals surface area contributed by atoms with Crippen molar-refractivity contribution >= 4 is 11.6 Å². The van der Waals surface area contributed by atoms with E-state index in [4.69, 9.17) is 10.8 Å². The molecule has 5 nitrogen and oxygen atoms in total. The van der Waals surface area contributed by atoms with Gasteiger partial charge in [-0.3, -0.25) is 4.79 Å². The summed E-state index contributed by atoms with van der Waals surface area (Å²) in [5, 5.41) is 18.1. The molecular weight excluding hydrogens is 208 g/mol. The van der Waals surface area contributed by atoms with E-state index in [1.807, 2.05) is 0 Å². The number of phenols is 1. The van der Waals surface area contributed by atoms with Gasteiger partial charge in [-0.15, -0.1) is 0 Å². The van der Waals surface area contributed by atoms with Gasteiger partial charge in [0, 0.05) is 31.3 Å². The van der Waals surface area contributed by atoms with Gasteiger partial charge in [-0.25, -0.2) is 0 Å². The topological polar surface area (TPSA) is 86.8 Å². The van der Waals surface area contributed by atoms with Crippen molar-refractivity contribution in [3.05, 3.63) is 23.8 Å². The van der Waals surface area contributed by atoms with E-state index in [2.05, 4.69) is 0 Å². The first-order valence-electron chi connectivity index (χ1n) is 5.10. The van der Waals surface area contributed by atoms with E-state index in [-0.39, 0.29) is 24.2 Å². The molecule has 86 valence electrons. The molecule has 1 saturated heterocycles. The second-order valence-corrected chi connectivity index (χ2v) is 4.03. The first-order chi connectivity index (χ1) is 7.61. The number of rotatable bonds is 2. The number of phenolic OH excluding ortho intramolecular Hbond substituents is 1. The van der Waals surface area contributed by atoms with Crippen molar-refractivity contribution in [2.75, 3.05) is 25.4 Å². The summed E-state index contributed by atoms with van der Waals surface area (Å²) in [5.41, 5.74) is 6.34. The highest BCUT2D eigenvalue weighted by Crippen LogP contribution is 2.24. The van der Waals surface area contributed by atoms with Crippen molar-refractivity contribution in [1.29, 1.82) is 0 Å². The van der Waals surface area contributed by atoms with E-state index >= 15 is 0 Å². The molecule has 1 aliphatic rings. The summed E-state index contributed by atoms with van der Waals surface area (Å²) in [5.74, 6) is -0.00244. The maximum atomic E-state index is 11.9. The Labute approximate surface area is 93.1 Å². The third-order valence-corrected chi connectivity index (χ3v) is 2.77. The summed E-state index contributed by atoms with van der Waals surface area (Å²) in [4.78, 5) is 13.5. The summed E-state index contributed by atoms with van der Waals surface area (Å²) >= 11 is 0. The zero-order valence-corrected chi connectivity index (χ0v) is 8.76. The van der Waals surface area contributed by atoms with Gasteiger partial charge in [0.05, 0.1) is 5.56 Å². The van der Waals surface area contributed by atoms with E-state index in [9.17, 15) is 9.90 Å². The van der Waals surface area contributed by atoms with Crippen LogP contribution in [-0.4, -0.2) is 40.7 Å². The summed E-state index contributed by atoms with van der Waals surface area (Å²) in [6.07, 6.45) is 0. The molecule has 1 heterocycles. The average molecular weight is 222 g/mol. The Hall–Kier alpha value is -1.75. The van der Waals surface area contributed by atoms with Gasteiger partial charge in [0.15, 0.2) is 0 Å². The van der Waals surface area contributed by atoms with Crippen molar-refractivity contribution in [2.45, 2.75) is 0 Å². The predicted octanol–water partition coefficient (Wildman–Crippen LogP) is 0.0387. The van der Waals surface area contributed by atoms with Gasteiger partial charge in [0.1, 0.15) is 5.75 Å². The van der Waals surface area contributed by atoms with Crippen LogP contribution in [0.5, 0.6) is 5.75 Å². The Morgan fingerprint density at radius 2 is 2.19 bits per heavy atom. The van der Waals surface area contributed by atoms with Crippen LogP contribution in [0.15, 0.2) is 18.2 Å². The quantitative estimate of drug-likeness (QED) is 0.487. The molecule has 1 amide bonds. The predicted molar refractivity (Wildman–Crippen MR) is 59.0 cm³/mol. The fraction of sp³-hybridized carbons (Fsp3) is 0.364. The van der Waals surface area contributed by atoms with Crippen molar-refractivity contribution < 1.29 is 15.0 Å². The zero-order chi connectivity index (χ0) is 11.7. The number of aliphatic hydroxyl groups excluding tert-OH is 1. The highest BCUT2D eigenvalue weighted by Gasteiger charge is 2.31. The maximum Gasteiger partial charge on any atom is 0.256 e. The van der Waals surface area contributed by atoms with Gasteiger partial charge >= 0.3 is 0 Å². The molecule has 0 aromatic heterocycles. The number of carbonyl (C=O) groups excluding carboxylic acids is 1. The highest BCUT2D eigenvalue weighted by molar-refractivity contribution is 5.99. The normalized spacial score (nSPS) is 15.9. The van der Waals surface area contributed by atoms with Crippen LogP contribution in [0.1, 0.15) is 10.4 Å². The van der Waals surface area contributed by atoms with Gasteiger partial charge in [-0.2, -0.15) is 0 Å². The molecule has 5 heteroatoms. The number of likely N-dealkylation sites (tertiary alicyclic amines) is 1. The minimum absolute atomic E-state index is 0.0248. The molecule has 1 aliphatic heterocycles. The minimum Gasteiger partial charge on any atom is -0.508 e. The van der Waals surface area contributed by atoms with Crippen molar-refractivity contribution in [1.82, 2.24) is 4.90 Å². The lowest BCUT2D eigenvalue weighted by Crippen LogP contribution is -2.51. The summed E-state index contributed by atoms with van der Waals surface area (Å²) in [6, 6.07) is 4.31. The second-order valence-electron chi connectivity index (χ2n) is 4.03. The lowest BCUT2D eigenvalue weighted by molar-refractivity contribution is 0.0362. The van der Waals surface area contributed by atoms with Crippen molar-refractivity contribution in [2.24, 2.45) is 5.92 Å². The highest BCUT2D eigenvalue weighted by atomic mass is 16.3. The van der Waals surface area contributed by atoms with E-state index in [0.717, 1.165) is 0 Å².